The zero-order valence-corrected chi connectivity index (χ0v) is 19.0. The minimum atomic E-state index is -3.99. The van der Waals surface area contributed by atoms with Crippen LogP contribution in [0, 0.1) is 21.8 Å². The van der Waals surface area contributed by atoms with Crippen LogP contribution in [0.1, 0.15) is 12.8 Å². The Morgan fingerprint density at radius 3 is 2.64 bits per heavy atom. The van der Waals surface area contributed by atoms with Crippen LogP contribution >= 0.6 is 11.3 Å². The molecule has 13 heteroatoms. The maximum atomic E-state index is 14.0. The average Bonchev–Trinajstić information content (AvgIpc) is 3.21. The second-order valence-electron chi connectivity index (χ2n) is 7.37. The number of ether oxygens (including phenoxy) is 1. The van der Waals surface area contributed by atoms with E-state index in [0.717, 1.165) is 17.4 Å². The summed E-state index contributed by atoms with van der Waals surface area (Å²) in [5, 5.41) is 14.1. The predicted molar refractivity (Wildman–Crippen MR) is 119 cm³/mol. The fourth-order valence-electron chi connectivity index (χ4n) is 3.66. The van der Waals surface area contributed by atoms with Crippen molar-refractivity contribution in [3.8, 4) is 5.75 Å². The minimum Gasteiger partial charge on any atom is -0.494 e. The van der Waals surface area contributed by atoms with Crippen LogP contribution < -0.4 is 10.1 Å². The third-order valence-corrected chi connectivity index (χ3v) is 8.23. The van der Waals surface area contributed by atoms with E-state index in [9.17, 15) is 27.7 Å². The number of hydrogen-bond acceptors (Lipinski definition) is 8. The number of piperidine rings is 1. The molecule has 1 N–H and O–H groups in total. The molecule has 3 aromatic rings. The van der Waals surface area contributed by atoms with Gasteiger partial charge in [0.1, 0.15) is 16.2 Å². The zero-order valence-electron chi connectivity index (χ0n) is 17.4. The maximum absolute atomic E-state index is 14.0. The fraction of sp³-hybridized carbons (Fsp3) is 0.300. The van der Waals surface area contributed by atoms with Gasteiger partial charge in [-0.2, -0.15) is 4.31 Å². The number of benzene rings is 2. The standard InChI is InChI=1S/C20H19FN4O6S2/c1-31-15-10-13(25(27)28)11-16-18(15)22-20(32-16)23-19(26)12-6-8-24(9-7-12)33(29,30)17-5-3-2-4-14(17)21/h2-5,10-12H,6-9H2,1H3,(H,22,23,26). The van der Waals surface area contributed by atoms with Crippen molar-refractivity contribution >= 4 is 48.3 Å². The number of methoxy groups -OCH3 is 1. The second kappa shape index (κ2) is 9.00. The number of sulfonamides is 1. The molecule has 0 aliphatic carbocycles. The number of aromatic nitrogens is 1. The average molecular weight is 495 g/mol. The van der Waals surface area contributed by atoms with Crippen LogP contribution in [0.15, 0.2) is 41.3 Å². The number of nitro benzene ring substituents is 1. The number of nitro groups is 1. The van der Waals surface area contributed by atoms with Gasteiger partial charge in [0.25, 0.3) is 5.69 Å². The van der Waals surface area contributed by atoms with Crippen molar-refractivity contribution in [3.05, 3.63) is 52.3 Å². The molecule has 0 bridgehead atoms. The molecular weight excluding hydrogens is 475 g/mol. The van der Waals surface area contributed by atoms with Crippen LogP contribution in [-0.2, 0) is 14.8 Å². The van der Waals surface area contributed by atoms with Crippen LogP contribution in [0.5, 0.6) is 5.75 Å². The highest BCUT2D eigenvalue weighted by molar-refractivity contribution is 7.89. The molecule has 1 fully saturated rings. The van der Waals surface area contributed by atoms with Crippen molar-refractivity contribution in [3.63, 3.8) is 0 Å². The van der Waals surface area contributed by atoms with E-state index in [2.05, 4.69) is 10.3 Å². The van der Waals surface area contributed by atoms with Crippen molar-refractivity contribution in [2.45, 2.75) is 17.7 Å². The number of carbonyl (C=O) groups excluding carboxylic acids is 1. The van der Waals surface area contributed by atoms with Crippen LogP contribution in [0.4, 0.5) is 15.2 Å². The summed E-state index contributed by atoms with van der Waals surface area (Å²) < 4.78 is 46.3. The highest BCUT2D eigenvalue weighted by Crippen LogP contribution is 2.36. The highest BCUT2D eigenvalue weighted by atomic mass is 32.2. The van der Waals surface area contributed by atoms with Gasteiger partial charge in [-0.3, -0.25) is 14.9 Å². The number of nitrogens with one attached hydrogen (secondary N) is 1. The Bertz CT molecular complexity index is 1340. The summed E-state index contributed by atoms with van der Waals surface area (Å²) in [6.07, 6.45) is 0.526. The van der Waals surface area contributed by atoms with Crippen molar-refractivity contribution in [1.82, 2.24) is 9.29 Å². The van der Waals surface area contributed by atoms with Crippen molar-refractivity contribution in [1.29, 1.82) is 0 Å². The maximum Gasteiger partial charge on any atom is 0.274 e. The molecule has 4 rings (SSSR count). The van der Waals surface area contributed by atoms with Gasteiger partial charge in [-0.05, 0) is 25.0 Å². The first-order chi connectivity index (χ1) is 15.7. The van der Waals surface area contributed by atoms with E-state index in [1.807, 2.05) is 0 Å². The van der Waals surface area contributed by atoms with Crippen LogP contribution in [0.3, 0.4) is 0 Å². The van der Waals surface area contributed by atoms with Gasteiger partial charge in [-0.25, -0.2) is 17.8 Å². The molecule has 0 atom stereocenters. The lowest BCUT2D eigenvalue weighted by molar-refractivity contribution is -0.384. The molecule has 0 radical (unpaired) electrons. The van der Waals surface area contributed by atoms with E-state index >= 15 is 0 Å². The topological polar surface area (TPSA) is 132 Å². The minimum absolute atomic E-state index is 0.0780. The number of non-ortho nitro benzene ring substituents is 1. The number of amides is 1. The smallest absolute Gasteiger partial charge is 0.274 e. The van der Waals surface area contributed by atoms with E-state index in [4.69, 9.17) is 4.74 Å². The first-order valence-corrected chi connectivity index (χ1v) is 12.1. The molecule has 1 aliphatic rings. The van der Waals surface area contributed by atoms with Gasteiger partial charge in [0.05, 0.1) is 22.8 Å². The normalized spacial score (nSPS) is 15.5. The summed E-state index contributed by atoms with van der Waals surface area (Å²) in [5.74, 6) is -1.38. The van der Waals surface area contributed by atoms with Gasteiger partial charge >= 0.3 is 0 Å². The molecule has 2 aromatic carbocycles. The number of halogens is 1. The second-order valence-corrected chi connectivity index (χ2v) is 10.3. The number of carbonyl (C=O) groups is 1. The first kappa shape index (κ1) is 23.0. The van der Waals surface area contributed by atoms with Gasteiger partial charge in [-0.15, -0.1) is 0 Å². The van der Waals surface area contributed by atoms with Crippen LogP contribution in [0.25, 0.3) is 10.2 Å². The summed E-state index contributed by atoms with van der Waals surface area (Å²) in [4.78, 5) is 27.2. The molecule has 10 nitrogen and oxygen atoms in total. The van der Waals surface area contributed by atoms with Gasteiger partial charge < -0.3 is 10.1 Å². The molecule has 33 heavy (non-hydrogen) atoms. The molecule has 2 heterocycles. The van der Waals surface area contributed by atoms with Gasteiger partial charge in [0, 0.05) is 25.1 Å². The summed E-state index contributed by atoms with van der Waals surface area (Å²) in [6.45, 7) is 0.156. The summed E-state index contributed by atoms with van der Waals surface area (Å²) in [5.41, 5.74) is 0.249. The van der Waals surface area contributed by atoms with Crippen LogP contribution in [-0.4, -0.2) is 48.7 Å². The Morgan fingerprint density at radius 2 is 2.00 bits per heavy atom. The molecule has 1 aliphatic heterocycles. The molecule has 1 aromatic heterocycles. The third kappa shape index (κ3) is 4.51. The summed E-state index contributed by atoms with van der Waals surface area (Å²) >= 11 is 1.08. The number of hydrogen-bond donors (Lipinski definition) is 1. The first-order valence-electron chi connectivity index (χ1n) is 9.89. The van der Waals surface area contributed by atoms with E-state index in [-0.39, 0.29) is 53.3 Å². The number of nitrogens with zero attached hydrogens (tertiary/aromatic N) is 3. The lowest BCUT2D eigenvalue weighted by Gasteiger charge is -2.30. The Hall–Kier alpha value is -3.16. The number of fused-ring (bicyclic) bond motifs is 1. The molecule has 1 saturated heterocycles. The van der Waals surface area contributed by atoms with E-state index in [0.29, 0.717) is 10.2 Å². The van der Waals surface area contributed by atoms with E-state index in [1.54, 1.807) is 0 Å². The van der Waals surface area contributed by atoms with Crippen molar-refractivity contribution in [2.24, 2.45) is 5.92 Å². The molecular formula is C20H19FN4O6S2. The molecule has 1 amide bonds. The van der Waals surface area contributed by atoms with Crippen LogP contribution in [0.2, 0.25) is 0 Å². The molecule has 0 spiro atoms. The van der Waals surface area contributed by atoms with Gasteiger partial charge in [-0.1, -0.05) is 23.5 Å². The van der Waals surface area contributed by atoms with E-state index < -0.39 is 26.7 Å². The number of rotatable bonds is 6. The predicted octanol–water partition coefficient (Wildman–Crippen LogP) is 3.39. The largest absolute Gasteiger partial charge is 0.494 e. The van der Waals surface area contributed by atoms with E-state index in [1.165, 1.54) is 41.7 Å². The SMILES string of the molecule is COc1cc([N+](=O)[O-])cc2sc(NC(=O)C3CCN(S(=O)(=O)c4ccccc4F)CC3)nc12. The Kier molecular flexibility index (Phi) is 6.28. The zero-order chi connectivity index (χ0) is 23.8. The Morgan fingerprint density at radius 1 is 1.30 bits per heavy atom. The van der Waals surface area contributed by atoms with Crippen molar-refractivity contribution in [2.75, 3.05) is 25.5 Å². The molecule has 174 valence electrons. The summed E-state index contributed by atoms with van der Waals surface area (Å²) in [6, 6.07) is 7.80. The van der Waals surface area contributed by atoms with Gasteiger partial charge in [0.2, 0.25) is 15.9 Å². The lowest BCUT2D eigenvalue weighted by atomic mass is 9.97. The van der Waals surface area contributed by atoms with Crippen molar-refractivity contribution < 1.29 is 27.3 Å². The summed E-state index contributed by atoms with van der Waals surface area (Å²) in [7, 11) is -2.62. The number of thiazole rings is 1. The Labute approximate surface area is 192 Å². The molecule has 0 unspecified atom stereocenters. The highest BCUT2D eigenvalue weighted by Gasteiger charge is 2.33. The third-order valence-electron chi connectivity index (χ3n) is 5.38. The fourth-order valence-corrected chi connectivity index (χ4v) is 6.11. The van der Waals surface area contributed by atoms with Gasteiger partial charge in [0.15, 0.2) is 10.9 Å². The monoisotopic (exact) mass is 494 g/mol. The lowest BCUT2D eigenvalue weighted by Crippen LogP contribution is -2.41. The number of anilines is 1. The molecule has 0 saturated carbocycles. The Balaban J connectivity index is 1.45. The quantitative estimate of drug-likeness (QED) is 0.410.